The van der Waals surface area contributed by atoms with E-state index >= 15 is 0 Å². The molecule has 160 valence electrons. The lowest BCUT2D eigenvalue weighted by molar-refractivity contribution is -0.159. The van der Waals surface area contributed by atoms with Gasteiger partial charge in [-0.25, -0.2) is 27.5 Å². The fourth-order valence-corrected chi connectivity index (χ4v) is 2.83. The standard InChI is InChI=1S/C16H14F4N6O3S/c1-30(27,28)23-8-12(10-4-2-3-5-11(10)17)24-15-21-6-9(7-22-15)13-25-14(29-26-13)16(18,19)20/h2-7,12,23H,8H2,1H3,(H,21,22,24). The van der Waals surface area contributed by atoms with Gasteiger partial charge in [0.1, 0.15) is 5.82 Å². The number of rotatable bonds is 7. The van der Waals surface area contributed by atoms with Crippen LogP contribution in [0, 0.1) is 5.82 Å². The fourth-order valence-electron chi connectivity index (χ4n) is 2.36. The highest BCUT2D eigenvalue weighted by Gasteiger charge is 2.38. The molecule has 0 saturated heterocycles. The second kappa shape index (κ2) is 8.31. The number of halogens is 4. The van der Waals surface area contributed by atoms with Gasteiger partial charge in [0.05, 0.1) is 17.9 Å². The van der Waals surface area contributed by atoms with Crippen LogP contribution >= 0.6 is 0 Å². The van der Waals surface area contributed by atoms with E-state index in [-0.39, 0.29) is 29.4 Å². The Bertz CT molecular complexity index is 1120. The molecule has 1 aromatic carbocycles. The number of hydrogen-bond acceptors (Lipinski definition) is 8. The van der Waals surface area contributed by atoms with Gasteiger partial charge < -0.3 is 9.84 Å². The molecule has 0 fully saturated rings. The Hall–Kier alpha value is -3.13. The number of nitrogens with zero attached hydrogens (tertiary/aromatic N) is 4. The van der Waals surface area contributed by atoms with Crippen molar-refractivity contribution in [3.63, 3.8) is 0 Å². The van der Waals surface area contributed by atoms with Crippen molar-refractivity contribution in [2.45, 2.75) is 12.2 Å². The van der Waals surface area contributed by atoms with E-state index in [1.165, 1.54) is 18.2 Å². The van der Waals surface area contributed by atoms with Crippen molar-refractivity contribution in [3.05, 3.63) is 53.9 Å². The van der Waals surface area contributed by atoms with Crippen LogP contribution in [-0.4, -0.2) is 41.3 Å². The molecule has 1 unspecified atom stereocenters. The monoisotopic (exact) mass is 446 g/mol. The van der Waals surface area contributed by atoms with Gasteiger partial charge in [-0.1, -0.05) is 23.4 Å². The van der Waals surface area contributed by atoms with E-state index < -0.39 is 33.9 Å². The third kappa shape index (κ3) is 5.48. The molecular weight excluding hydrogens is 432 g/mol. The zero-order valence-corrected chi connectivity index (χ0v) is 16.0. The Labute approximate surface area is 167 Å². The van der Waals surface area contributed by atoms with Crippen LogP contribution in [0.3, 0.4) is 0 Å². The molecule has 2 N–H and O–H groups in total. The van der Waals surface area contributed by atoms with Gasteiger partial charge >= 0.3 is 12.1 Å². The van der Waals surface area contributed by atoms with Crippen molar-refractivity contribution in [1.29, 1.82) is 0 Å². The summed E-state index contributed by atoms with van der Waals surface area (Å²) in [5.74, 6) is -2.47. The first-order valence-electron chi connectivity index (χ1n) is 8.22. The highest BCUT2D eigenvalue weighted by Crippen LogP contribution is 2.29. The summed E-state index contributed by atoms with van der Waals surface area (Å²) in [6, 6.07) is 4.86. The minimum Gasteiger partial charge on any atom is -0.346 e. The van der Waals surface area contributed by atoms with Gasteiger partial charge in [0.2, 0.25) is 21.8 Å². The lowest BCUT2D eigenvalue weighted by Crippen LogP contribution is -2.31. The van der Waals surface area contributed by atoms with Crippen molar-refractivity contribution in [1.82, 2.24) is 24.8 Å². The number of hydrogen-bond donors (Lipinski definition) is 2. The predicted octanol–water partition coefficient (Wildman–Crippen LogP) is 2.39. The van der Waals surface area contributed by atoms with E-state index in [1.807, 2.05) is 0 Å². The maximum absolute atomic E-state index is 14.2. The number of aromatic nitrogens is 4. The van der Waals surface area contributed by atoms with Crippen LogP contribution in [0.25, 0.3) is 11.4 Å². The van der Waals surface area contributed by atoms with Gasteiger partial charge in [0, 0.05) is 24.5 Å². The van der Waals surface area contributed by atoms with Crippen molar-refractivity contribution in [3.8, 4) is 11.4 Å². The molecule has 3 rings (SSSR count). The zero-order chi connectivity index (χ0) is 21.9. The van der Waals surface area contributed by atoms with E-state index in [0.29, 0.717) is 0 Å². The molecule has 30 heavy (non-hydrogen) atoms. The summed E-state index contributed by atoms with van der Waals surface area (Å²) in [4.78, 5) is 11.1. The number of alkyl halides is 3. The normalized spacial score (nSPS) is 13.2. The molecule has 2 heterocycles. The predicted molar refractivity (Wildman–Crippen MR) is 95.9 cm³/mol. The zero-order valence-electron chi connectivity index (χ0n) is 15.2. The van der Waals surface area contributed by atoms with E-state index in [2.05, 4.69) is 34.7 Å². The second-order valence-corrected chi connectivity index (χ2v) is 7.89. The average Bonchev–Trinajstić information content (AvgIpc) is 3.16. The number of benzene rings is 1. The summed E-state index contributed by atoms with van der Waals surface area (Å²) in [5, 5.41) is 6.01. The Kier molecular flexibility index (Phi) is 5.98. The van der Waals surface area contributed by atoms with E-state index in [0.717, 1.165) is 18.6 Å². The fraction of sp³-hybridized carbons (Fsp3) is 0.250. The molecule has 1 atom stereocenters. The van der Waals surface area contributed by atoms with Crippen molar-refractivity contribution >= 4 is 16.0 Å². The van der Waals surface area contributed by atoms with Crippen molar-refractivity contribution in [2.24, 2.45) is 0 Å². The minimum atomic E-state index is -4.78. The number of nitrogens with one attached hydrogen (secondary N) is 2. The van der Waals surface area contributed by atoms with Gasteiger partial charge in [0.25, 0.3) is 0 Å². The van der Waals surface area contributed by atoms with Crippen LogP contribution in [0.1, 0.15) is 17.5 Å². The maximum atomic E-state index is 14.2. The topological polar surface area (TPSA) is 123 Å². The smallest absolute Gasteiger partial charge is 0.346 e. The minimum absolute atomic E-state index is 0.0261. The summed E-state index contributed by atoms with van der Waals surface area (Å²) in [6.45, 7) is -0.204. The van der Waals surface area contributed by atoms with Gasteiger partial charge in [-0.2, -0.15) is 18.2 Å². The summed E-state index contributed by atoms with van der Waals surface area (Å²) < 4.78 is 81.1. The molecular formula is C16H14F4N6O3S. The molecule has 9 nitrogen and oxygen atoms in total. The number of sulfonamides is 1. The van der Waals surface area contributed by atoms with Crippen molar-refractivity contribution < 1.29 is 30.5 Å². The summed E-state index contributed by atoms with van der Waals surface area (Å²) in [7, 11) is -3.56. The first-order valence-corrected chi connectivity index (χ1v) is 10.1. The third-order valence-electron chi connectivity index (χ3n) is 3.71. The largest absolute Gasteiger partial charge is 0.471 e. The quantitative estimate of drug-likeness (QED) is 0.531. The van der Waals surface area contributed by atoms with E-state index in [4.69, 9.17) is 0 Å². The highest BCUT2D eigenvalue weighted by molar-refractivity contribution is 7.88. The Morgan fingerprint density at radius 1 is 1.17 bits per heavy atom. The van der Waals surface area contributed by atoms with Crippen LogP contribution in [0.2, 0.25) is 0 Å². The van der Waals surface area contributed by atoms with Crippen LogP contribution in [0.4, 0.5) is 23.5 Å². The Balaban J connectivity index is 1.81. The Morgan fingerprint density at radius 2 is 1.83 bits per heavy atom. The molecule has 0 bridgehead atoms. The highest BCUT2D eigenvalue weighted by atomic mass is 32.2. The first-order chi connectivity index (χ1) is 14.0. The van der Waals surface area contributed by atoms with Crippen LogP contribution in [0.5, 0.6) is 0 Å². The molecule has 0 aliphatic carbocycles. The first kappa shape index (κ1) is 21.6. The molecule has 0 saturated carbocycles. The van der Waals surface area contributed by atoms with Gasteiger partial charge in [-0.3, -0.25) is 0 Å². The molecule has 2 aromatic heterocycles. The van der Waals surface area contributed by atoms with Gasteiger partial charge in [-0.15, -0.1) is 0 Å². The number of anilines is 1. The molecule has 0 radical (unpaired) electrons. The third-order valence-corrected chi connectivity index (χ3v) is 4.40. The summed E-state index contributed by atoms with van der Waals surface area (Å²) >= 11 is 0. The maximum Gasteiger partial charge on any atom is 0.471 e. The molecule has 0 amide bonds. The van der Waals surface area contributed by atoms with Gasteiger partial charge in [-0.05, 0) is 6.07 Å². The van der Waals surface area contributed by atoms with Crippen LogP contribution in [0.15, 0.2) is 41.2 Å². The van der Waals surface area contributed by atoms with E-state index in [1.54, 1.807) is 6.07 Å². The second-order valence-electron chi connectivity index (χ2n) is 6.06. The lowest BCUT2D eigenvalue weighted by Gasteiger charge is -2.19. The van der Waals surface area contributed by atoms with Crippen LogP contribution < -0.4 is 10.0 Å². The average molecular weight is 446 g/mol. The lowest BCUT2D eigenvalue weighted by atomic mass is 10.1. The molecule has 0 spiro atoms. The summed E-state index contributed by atoms with van der Waals surface area (Å²) in [6.07, 6.45) is -1.55. The SMILES string of the molecule is CS(=O)(=O)NCC(Nc1ncc(-c2noc(C(F)(F)F)n2)cn1)c1ccccc1F. The van der Waals surface area contributed by atoms with Gasteiger partial charge in [0.15, 0.2) is 0 Å². The molecule has 3 aromatic rings. The Morgan fingerprint density at radius 3 is 2.40 bits per heavy atom. The molecule has 0 aliphatic heterocycles. The molecule has 14 heteroatoms. The van der Waals surface area contributed by atoms with Crippen LogP contribution in [-0.2, 0) is 16.2 Å². The molecule has 0 aliphatic rings. The summed E-state index contributed by atoms with van der Waals surface area (Å²) in [5.41, 5.74) is 0.214. The van der Waals surface area contributed by atoms with Crippen molar-refractivity contribution in [2.75, 3.05) is 18.1 Å². The van der Waals surface area contributed by atoms with E-state index in [9.17, 15) is 26.0 Å².